The highest BCUT2D eigenvalue weighted by Gasteiger charge is 2.18. The highest BCUT2D eigenvalue weighted by molar-refractivity contribution is 7.99. The summed E-state index contributed by atoms with van der Waals surface area (Å²) < 4.78 is 7.13. The first-order valence-electron chi connectivity index (χ1n) is 9.61. The van der Waals surface area contributed by atoms with Gasteiger partial charge in [0, 0.05) is 16.3 Å². The predicted octanol–water partition coefficient (Wildman–Crippen LogP) is 5.03. The number of amides is 1. The number of hydrogen-bond acceptors (Lipinski definition) is 6. The molecule has 1 heterocycles. The fourth-order valence-corrected chi connectivity index (χ4v) is 3.89. The summed E-state index contributed by atoms with van der Waals surface area (Å²) in [5, 5.41) is 22.4. The van der Waals surface area contributed by atoms with Crippen molar-refractivity contribution in [3.63, 3.8) is 0 Å². The number of nitrogens with zero attached hydrogens (tertiary/aromatic N) is 3. The summed E-state index contributed by atoms with van der Waals surface area (Å²) >= 11 is 7.28. The van der Waals surface area contributed by atoms with Gasteiger partial charge >= 0.3 is 0 Å². The Kier molecular flexibility index (Phi) is 6.63. The van der Waals surface area contributed by atoms with Gasteiger partial charge in [-0.05, 0) is 60.7 Å². The maximum absolute atomic E-state index is 12.5. The Labute approximate surface area is 194 Å². The number of phenolic OH excluding ortho intramolecular Hbond substituents is 1. The highest BCUT2D eigenvalue weighted by atomic mass is 35.5. The minimum atomic E-state index is -0.270. The second kappa shape index (κ2) is 9.76. The number of hydrogen-bond donors (Lipinski definition) is 2. The lowest BCUT2D eigenvalue weighted by atomic mass is 10.2. The normalized spacial score (nSPS) is 10.7. The second-order valence-corrected chi connectivity index (χ2v) is 8.08. The number of para-hydroxylation sites is 2. The highest BCUT2D eigenvalue weighted by Crippen LogP contribution is 2.30. The Hall–Kier alpha value is -3.49. The smallest absolute Gasteiger partial charge is 0.234 e. The monoisotopic (exact) mass is 466 g/mol. The van der Waals surface area contributed by atoms with Crippen LogP contribution in [0.3, 0.4) is 0 Å². The molecule has 9 heteroatoms. The number of thioether (sulfide) groups is 1. The zero-order valence-corrected chi connectivity index (χ0v) is 18.6. The Bertz CT molecular complexity index is 1230. The number of carbonyl (C=O) groups is 1. The van der Waals surface area contributed by atoms with Crippen LogP contribution in [0.1, 0.15) is 0 Å². The fourth-order valence-electron chi connectivity index (χ4n) is 3.01. The van der Waals surface area contributed by atoms with Gasteiger partial charge in [-0.25, -0.2) is 0 Å². The lowest BCUT2D eigenvalue weighted by molar-refractivity contribution is -0.113. The molecule has 1 aromatic heterocycles. The predicted molar refractivity (Wildman–Crippen MR) is 126 cm³/mol. The van der Waals surface area contributed by atoms with Gasteiger partial charge in [-0.15, -0.1) is 10.2 Å². The molecular weight excluding hydrogens is 448 g/mol. The molecule has 0 aliphatic carbocycles. The maximum Gasteiger partial charge on any atom is 0.234 e. The van der Waals surface area contributed by atoms with Crippen molar-refractivity contribution in [3.8, 4) is 28.6 Å². The van der Waals surface area contributed by atoms with E-state index >= 15 is 0 Å². The van der Waals surface area contributed by atoms with Crippen molar-refractivity contribution in [2.45, 2.75) is 5.16 Å². The minimum Gasteiger partial charge on any atom is -0.506 e. The number of ether oxygens (including phenoxy) is 1. The molecule has 7 nitrogen and oxygen atoms in total. The molecular formula is C23H19ClN4O3S. The third kappa shape index (κ3) is 4.87. The van der Waals surface area contributed by atoms with E-state index in [4.69, 9.17) is 16.3 Å². The summed E-state index contributed by atoms with van der Waals surface area (Å²) in [5.41, 5.74) is 2.02. The Balaban J connectivity index is 1.61. The van der Waals surface area contributed by atoms with Crippen LogP contribution in [0.5, 0.6) is 11.5 Å². The number of anilines is 1. The zero-order valence-electron chi connectivity index (χ0n) is 17.0. The van der Waals surface area contributed by atoms with Gasteiger partial charge in [0.25, 0.3) is 0 Å². The standard InChI is InChI=1S/C23H19ClN4O3S/c1-31-18-12-10-17(11-13-18)28-22(15-6-8-16(24)9-7-15)26-27-23(28)32-14-21(30)25-19-4-2-3-5-20(19)29/h2-13,29H,14H2,1H3,(H,25,30). The molecule has 0 unspecified atom stereocenters. The van der Waals surface area contributed by atoms with E-state index in [1.165, 1.54) is 17.8 Å². The molecule has 0 fully saturated rings. The van der Waals surface area contributed by atoms with Gasteiger partial charge in [-0.2, -0.15) is 0 Å². The first-order chi connectivity index (χ1) is 15.5. The van der Waals surface area contributed by atoms with Crippen LogP contribution >= 0.6 is 23.4 Å². The van der Waals surface area contributed by atoms with Gasteiger partial charge in [0.1, 0.15) is 11.5 Å². The molecule has 0 radical (unpaired) electrons. The van der Waals surface area contributed by atoms with Gasteiger partial charge in [0.05, 0.1) is 18.6 Å². The van der Waals surface area contributed by atoms with E-state index in [0.29, 0.717) is 21.7 Å². The van der Waals surface area contributed by atoms with Gasteiger partial charge in [-0.3, -0.25) is 9.36 Å². The molecule has 32 heavy (non-hydrogen) atoms. The van der Waals surface area contributed by atoms with Crippen molar-refractivity contribution in [2.75, 3.05) is 18.2 Å². The number of rotatable bonds is 7. The lowest BCUT2D eigenvalue weighted by Crippen LogP contribution is -2.14. The topological polar surface area (TPSA) is 89.3 Å². The molecule has 3 aromatic carbocycles. The van der Waals surface area contributed by atoms with Crippen LogP contribution in [0.2, 0.25) is 5.02 Å². The van der Waals surface area contributed by atoms with Gasteiger partial charge in [0.2, 0.25) is 5.91 Å². The summed E-state index contributed by atoms with van der Waals surface area (Å²) in [5.74, 6) is 1.18. The molecule has 4 rings (SSSR count). The van der Waals surface area contributed by atoms with E-state index in [0.717, 1.165) is 17.0 Å². The van der Waals surface area contributed by atoms with Crippen molar-refractivity contribution in [2.24, 2.45) is 0 Å². The SMILES string of the molecule is COc1ccc(-n2c(SCC(=O)Nc3ccccc3O)nnc2-c2ccc(Cl)cc2)cc1. The molecule has 0 bridgehead atoms. The molecule has 0 spiro atoms. The van der Waals surface area contributed by atoms with Crippen LogP contribution in [-0.4, -0.2) is 38.6 Å². The van der Waals surface area contributed by atoms with E-state index in [9.17, 15) is 9.90 Å². The average Bonchev–Trinajstić information content (AvgIpc) is 3.24. The second-order valence-electron chi connectivity index (χ2n) is 6.70. The molecule has 4 aromatic rings. The Morgan fingerprint density at radius 2 is 1.78 bits per heavy atom. The first kappa shape index (κ1) is 21.7. The summed E-state index contributed by atoms with van der Waals surface area (Å²) in [6, 6.07) is 21.4. The molecule has 0 saturated heterocycles. The van der Waals surface area contributed by atoms with Crippen molar-refractivity contribution in [1.82, 2.24) is 14.8 Å². The van der Waals surface area contributed by atoms with E-state index in [1.54, 1.807) is 37.4 Å². The molecule has 1 amide bonds. The van der Waals surface area contributed by atoms with Crippen LogP contribution < -0.4 is 10.1 Å². The van der Waals surface area contributed by atoms with Crippen molar-refractivity contribution in [3.05, 3.63) is 77.8 Å². The number of aromatic hydroxyl groups is 1. The number of carbonyl (C=O) groups excluding carboxylic acids is 1. The minimum absolute atomic E-state index is 0.0114. The maximum atomic E-state index is 12.5. The first-order valence-corrected chi connectivity index (χ1v) is 11.0. The number of methoxy groups -OCH3 is 1. The number of benzene rings is 3. The third-order valence-corrected chi connectivity index (χ3v) is 5.76. The molecule has 0 aliphatic rings. The molecule has 2 N–H and O–H groups in total. The number of phenols is 1. The molecule has 162 valence electrons. The van der Waals surface area contributed by atoms with Crippen molar-refractivity contribution in [1.29, 1.82) is 0 Å². The number of nitrogens with one attached hydrogen (secondary N) is 1. The van der Waals surface area contributed by atoms with E-state index in [2.05, 4.69) is 15.5 Å². The van der Waals surface area contributed by atoms with E-state index in [1.807, 2.05) is 41.0 Å². The number of aromatic nitrogens is 3. The lowest BCUT2D eigenvalue weighted by Gasteiger charge is -2.11. The average molecular weight is 467 g/mol. The molecule has 0 saturated carbocycles. The molecule has 0 atom stereocenters. The van der Waals surface area contributed by atoms with Crippen LogP contribution in [-0.2, 0) is 4.79 Å². The van der Waals surface area contributed by atoms with Gasteiger partial charge in [-0.1, -0.05) is 35.5 Å². The largest absolute Gasteiger partial charge is 0.506 e. The quantitative estimate of drug-likeness (QED) is 0.293. The molecule has 0 aliphatic heterocycles. The van der Waals surface area contributed by atoms with Crippen LogP contribution in [0, 0.1) is 0 Å². The summed E-state index contributed by atoms with van der Waals surface area (Å²) in [6.07, 6.45) is 0. The van der Waals surface area contributed by atoms with Crippen LogP contribution in [0.25, 0.3) is 17.1 Å². The third-order valence-electron chi connectivity index (χ3n) is 4.58. The summed E-state index contributed by atoms with van der Waals surface area (Å²) in [7, 11) is 1.61. The van der Waals surface area contributed by atoms with Gasteiger partial charge in [0.15, 0.2) is 11.0 Å². The summed E-state index contributed by atoms with van der Waals surface area (Å²) in [4.78, 5) is 12.5. The number of halogens is 1. The summed E-state index contributed by atoms with van der Waals surface area (Å²) in [6.45, 7) is 0. The van der Waals surface area contributed by atoms with E-state index < -0.39 is 0 Å². The zero-order chi connectivity index (χ0) is 22.5. The van der Waals surface area contributed by atoms with E-state index in [-0.39, 0.29) is 17.4 Å². The van der Waals surface area contributed by atoms with Crippen LogP contribution in [0.4, 0.5) is 5.69 Å². The van der Waals surface area contributed by atoms with Crippen molar-refractivity contribution >= 4 is 35.0 Å². The van der Waals surface area contributed by atoms with Crippen molar-refractivity contribution < 1.29 is 14.6 Å². The van der Waals surface area contributed by atoms with Crippen LogP contribution in [0.15, 0.2) is 78.0 Å². The Morgan fingerprint density at radius 1 is 1.06 bits per heavy atom. The fraction of sp³-hybridized carbons (Fsp3) is 0.0870. The van der Waals surface area contributed by atoms with Gasteiger partial charge < -0.3 is 15.2 Å². The Morgan fingerprint density at radius 3 is 2.47 bits per heavy atom.